The van der Waals surface area contributed by atoms with Crippen molar-refractivity contribution in [3.8, 4) is 0 Å². The van der Waals surface area contributed by atoms with Gasteiger partial charge in [0, 0.05) is 22.8 Å². The number of nitrogens with one attached hydrogen (secondary N) is 1. The average Bonchev–Trinajstić information content (AvgIpc) is 2.81. The van der Waals surface area contributed by atoms with Crippen LogP contribution < -0.4 is 5.32 Å². The van der Waals surface area contributed by atoms with E-state index >= 15 is 0 Å². The number of aromatic amines is 1. The molecule has 2 saturated heterocycles. The van der Waals surface area contributed by atoms with E-state index < -0.39 is 8.07 Å². The molecule has 1 N–H and O–H groups in total. The Hall–Kier alpha value is -1.10. The number of morpholine rings is 1. The van der Waals surface area contributed by atoms with Crippen LogP contribution in [0.3, 0.4) is 0 Å². The molecule has 3 heterocycles. The van der Waals surface area contributed by atoms with Gasteiger partial charge in [-0.3, -0.25) is 4.90 Å². The van der Waals surface area contributed by atoms with Gasteiger partial charge in [0.05, 0.1) is 20.7 Å². The molecule has 4 rings (SSSR count). The molecule has 0 radical (unpaired) electrons. The summed E-state index contributed by atoms with van der Waals surface area (Å²) in [6, 6.07) is 9.34. The molecule has 2 aromatic rings. The van der Waals surface area contributed by atoms with Crippen molar-refractivity contribution in [2.75, 3.05) is 13.2 Å². The predicted molar refractivity (Wildman–Crippen MR) is 85.2 cm³/mol. The van der Waals surface area contributed by atoms with E-state index in [0.29, 0.717) is 12.3 Å². The first-order valence-corrected chi connectivity index (χ1v) is 11.0. The van der Waals surface area contributed by atoms with Gasteiger partial charge in [-0.1, -0.05) is 37.8 Å². The summed E-state index contributed by atoms with van der Waals surface area (Å²) in [6.07, 6.45) is 1.53. The molecule has 20 heavy (non-hydrogen) atoms. The van der Waals surface area contributed by atoms with E-state index in [1.807, 2.05) is 0 Å². The number of hydrogen-bond acceptors (Lipinski definition) is 2. The van der Waals surface area contributed by atoms with Gasteiger partial charge < -0.3 is 9.72 Å². The molecule has 1 aromatic carbocycles. The Labute approximate surface area is 120 Å². The van der Waals surface area contributed by atoms with E-state index in [4.69, 9.17) is 4.74 Å². The van der Waals surface area contributed by atoms with Crippen LogP contribution in [0.5, 0.6) is 0 Å². The topological polar surface area (TPSA) is 28.0 Å². The maximum Gasteiger partial charge on any atom is 0.127 e. The molecule has 0 saturated carbocycles. The van der Waals surface area contributed by atoms with Crippen molar-refractivity contribution >= 4 is 24.3 Å². The number of benzene rings is 1. The highest BCUT2D eigenvalue weighted by Gasteiger charge is 2.52. The molecule has 2 aliphatic heterocycles. The van der Waals surface area contributed by atoms with Crippen LogP contribution in [0.15, 0.2) is 24.3 Å². The zero-order valence-corrected chi connectivity index (χ0v) is 13.4. The third kappa shape index (κ3) is 1.86. The van der Waals surface area contributed by atoms with E-state index in [2.05, 4.69) is 53.8 Å². The normalized spacial score (nSPS) is 28.9. The van der Waals surface area contributed by atoms with Crippen LogP contribution in [0, 0.1) is 0 Å². The maximum absolute atomic E-state index is 5.75. The second-order valence-electron chi connectivity index (χ2n) is 7.04. The summed E-state index contributed by atoms with van der Waals surface area (Å²) in [5, 5.41) is 2.93. The lowest BCUT2D eigenvalue weighted by molar-refractivity contribution is 0.150. The Kier molecular flexibility index (Phi) is 2.65. The summed E-state index contributed by atoms with van der Waals surface area (Å²) in [6.45, 7) is 9.29. The zero-order valence-electron chi connectivity index (χ0n) is 12.4. The molecule has 2 fully saturated rings. The summed E-state index contributed by atoms with van der Waals surface area (Å²) in [5.41, 5.74) is 2.84. The molecule has 106 valence electrons. The van der Waals surface area contributed by atoms with Gasteiger partial charge in [0.2, 0.25) is 0 Å². The average molecular weight is 286 g/mol. The number of nitrogens with zero attached hydrogens (tertiary/aromatic N) is 1. The highest BCUT2D eigenvalue weighted by Crippen LogP contribution is 2.37. The highest BCUT2D eigenvalue weighted by atomic mass is 28.3. The molecule has 0 amide bonds. The second-order valence-corrected chi connectivity index (χ2v) is 12.0. The number of ether oxygens (including phenoxy) is 1. The maximum atomic E-state index is 5.75. The standard InChI is InChI=1S/C16H22N2OSi/c1-20(2,3)15-12(10-14-16-18(14)8-9-19-16)11-6-4-5-7-13(11)17-15/h4-7,14,16-17H,8-10H2,1-3H3. The van der Waals surface area contributed by atoms with Gasteiger partial charge in [-0.2, -0.15) is 0 Å². The van der Waals surface area contributed by atoms with Crippen LogP contribution in [-0.4, -0.2) is 43.4 Å². The number of para-hydroxylation sites is 1. The number of rotatable bonds is 3. The quantitative estimate of drug-likeness (QED) is 0.692. The van der Waals surface area contributed by atoms with E-state index in [1.54, 1.807) is 5.56 Å². The highest BCUT2D eigenvalue weighted by molar-refractivity contribution is 6.88. The van der Waals surface area contributed by atoms with Crippen molar-refractivity contribution in [3.63, 3.8) is 0 Å². The van der Waals surface area contributed by atoms with Gasteiger partial charge >= 0.3 is 0 Å². The molecule has 0 bridgehead atoms. The largest absolute Gasteiger partial charge is 0.362 e. The summed E-state index contributed by atoms with van der Waals surface area (Å²) in [7, 11) is -1.35. The molecule has 3 atom stereocenters. The SMILES string of the molecule is C[Si](C)(C)c1[nH]c2ccccc2c1CC1C2OCCN12. The van der Waals surface area contributed by atoms with Crippen molar-refractivity contribution in [2.45, 2.75) is 38.3 Å². The van der Waals surface area contributed by atoms with Gasteiger partial charge in [0.15, 0.2) is 0 Å². The van der Waals surface area contributed by atoms with E-state index in [1.165, 1.54) is 16.2 Å². The van der Waals surface area contributed by atoms with Crippen LogP contribution in [0.2, 0.25) is 19.6 Å². The molecule has 0 spiro atoms. The molecular weight excluding hydrogens is 264 g/mol. The molecule has 2 aliphatic rings. The van der Waals surface area contributed by atoms with Crippen molar-refractivity contribution < 1.29 is 4.74 Å². The van der Waals surface area contributed by atoms with Crippen molar-refractivity contribution in [1.82, 2.24) is 9.88 Å². The Morgan fingerprint density at radius 2 is 2.10 bits per heavy atom. The molecule has 3 nitrogen and oxygen atoms in total. The van der Waals surface area contributed by atoms with Gasteiger partial charge in [-0.05, 0) is 18.1 Å². The zero-order chi connectivity index (χ0) is 13.9. The van der Waals surface area contributed by atoms with E-state index in [9.17, 15) is 0 Å². The molecular formula is C16H22N2OSi. The number of fused-ring (bicyclic) bond motifs is 2. The first kappa shape index (κ1) is 12.6. The minimum atomic E-state index is -1.35. The Morgan fingerprint density at radius 3 is 2.80 bits per heavy atom. The van der Waals surface area contributed by atoms with E-state index in [-0.39, 0.29) is 0 Å². The second kappa shape index (κ2) is 4.20. The first-order valence-electron chi connectivity index (χ1n) is 7.53. The fourth-order valence-electron chi connectivity index (χ4n) is 3.56. The summed E-state index contributed by atoms with van der Waals surface area (Å²) < 4.78 is 5.75. The van der Waals surface area contributed by atoms with Crippen LogP contribution in [-0.2, 0) is 11.2 Å². The van der Waals surface area contributed by atoms with Crippen molar-refractivity contribution in [3.05, 3.63) is 29.8 Å². The predicted octanol–water partition coefficient (Wildman–Crippen LogP) is 2.30. The lowest BCUT2D eigenvalue weighted by Crippen LogP contribution is -2.41. The molecule has 0 aliphatic carbocycles. The monoisotopic (exact) mass is 286 g/mol. The van der Waals surface area contributed by atoms with E-state index in [0.717, 1.165) is 19.6 Å². The fraction of sp³-hybridized carbons (Fsp3) is 0.500. The minimum Gasteiger partial charge on any atom is -0.362 e. The summed E-state index contributed by atoms with van der Waals surface area (Å²) >= 11 is 0. The summed E-state index contributed by atoms with van der Waals surface area (Å²) in [4.78, 5) is 6.19. The third-order valence-corrected chi connectivity index (χ3v) is 6.53. The van der Waals surface area contributed by atoms with Crippen LogP contribution in [0.25, 0.3) is 10.9 Å². The van der Waals surface area contributed by atoms with Crippen molar-refractivity contribution in [1.29, 1.82) is 0 Å². The van der Waals surface area contributed by atoms with Gasteiger partial charge in [-0.15, -0.1) is 0 Å². The van der Waals surface area contributed by atoms with Crippen molar-refractivity contribution in [2.24, 2.45) is 0 Å². The Bertz CT molecular complexity index is 648. The molecule has 3 unspecified atom stereocenters. The van der Waals surface area contributed by atoms with Crippen LogP contribution in [0.4, 0.5) is 0 Å². The smallest absolute Gasteiger partial charge is 0.127 e. The number of hydrogen-bond donors (Lipinski definition) is 1. The van der Waals surface area contributed by atoms with Crippen LogP contribution in [0.1, 0.15) is 5.56 Å². The first-order chi connectivity index (χ1) is 9.55. The molecule has 1 aromatic heterocycles. The lowest BCUT2D eigenvalue weighted by Gasteiger charge is -2.17. The third-order valence-electron chi connectivity index (χ3n) is 4.61. The fourth-order valence-corrected chi connectivity index (χ4v) is 5.21. The Balaban J connectivity index is 1.76. The van der Waals surface area contributed by atoms with Gasteiger partial charge in [-0.25, -0.2) is 0 Å². The van der Waals surface area contributed by atoms with Gasteiger partial charge in [0.25, 0.3) is 0 Å². The van der Waals surface area contributed by atoms with Crippen LogP contribution >= 0.6 is 0 Å². The minimum absolute atomic E-state index is 0.401. The molecule has 4 heteroatoms. The Morgan fingerprint density at radius 1 is 1.30 bits per heavy atom. The number of aromatic nitrogens is 1. The van der Waals surface area contributed by atoms with Gasteiger partial charge in [0.1, 0.15) is 6.23 Å². The lowest BCUT2D eigenvalue weighted by atomic mass is 10.1. The summed E-state index contributed by atoms with van der Waals surface area (Å²) in [5.74, 6) is 0. The number of H-pyrrole nitrogens is 1.